The van der Waals surface area contributed by atoms with Crippen LogP contribution in [0.3, 0.4) is 0 Å². The van der Waals surface area contributed by atoms with Crippen LogP contribution in [0.25, 0.3) is 11.3 Å². The largest absolute Gasteiger partial charge is 0.273 e. The highest BCUT2D eigenvalue weighted by molar-refractivity contribution is 7.73. The molecular formula is C17H13ClN2OS2. The van der Waals surface area contributed by atoms with E-state index in [2.05, 4.69) is 5.43 Å². The molecule has 3 aromatic rings. The lowest BCUT2D eigenvalue weighted by Crippen LogP contribution is -2.25. The number of nitrogens with one attached hydrogen (secondary N) is 1. The third-order valence-corrected chi connectivity index (χ3v) is 4.73. The van der Waals surface area contributed by atoms with Gasteiger partial charge in [0.15, 0.2) is 3.95 Å². The summed E-state index contributed by atoms with van der Waals surface area (Å²) in [6.45, 7) is 0. The number of hydrogen-bond donors (Lipinski definition) is 1. The highest BCUT2D eigenvalue weighted by Crippen LogP contribution is 2.22. The monoisotopic (exact) mass is 360 g/mol. The fraction of sp³-hybridized carbons (Fsp3) is 0.0588. The van der Waals surface area contributed by atoms with Crippen molar-refractivity contribution in [2.45, 2.75) is 6.42 Å². The van der Waals surface area contributed by atoms with E-state index in [1.165, 1.54) is 11.3 Å². The Morgan fingerprint density at radius 3 is 2.52 bits per heavy atom. The average Bonchev–Trinajstić information content (AvgIpc) is 2.91. The molecule has 3 rings (SSSR count). The van der Waals surface area contributed by atoms with Gasteiger partial charge in [0.1, 0.15) is 0 Å². The number of aromatic nitrogens is 1. The number of halogens is 1. The Morgan fingerprint density at radius 2 is 1.83 bits per heavy atom. The number of hydrogen-bond acceptors (Lipinski definition) is 3. The van der Waals surface area contributed by atoms with Crippen LogP contribution >= 0.6 is 35.2 Å². The first-order valence-electron chi connectivity index (χ1n) is 6.94. The van der Waals surface area contributed by atoms with Crippen molar-refractivity contribution >= 4 is 41.1 Å². The van der Waals surface area contributed by atoms with Gasteiger partial charge in [0, 0.05) is 16.0 Å². The first kappa shape index (κ1) is 15.9. The van der Waals surface area contributed by atoms with Gasteiger partial charge in [0.25, 0.3) is 0 Å². The number of carbonyl (C=O) groups is 1. The number of carbonyl (C=O) groups excluding carboxylic acids is 1. The second-order valence-corrected chi connectivity index (χ2v) is 6.87. The summed E-state index contributed by atoms with van der Waals surface area (Å²) in [7, 11) is 0. The Kier molecular flexibility index (Phi) is 4.91. The van der Waals surface area contributed by atoms with Crippen molar-refractivity contribution in [1.82, 2.24) is 4.68 Å². The second-order valence-electron chi connectivity index (χ2n) is 4.93. The van der Waals surface area contributed by atoms with Gasteiger partial charge in [-0.15, -0.1) is 11.3 Å². The Bertz CT molecular complexity index is 870. The predicted octanol–water partition coefficient (Wildman–Crippen LogP) is 4.91. The van der Waals surface area contributed by atoms with E-state index in [1.807, 2.05) is 47.8 Å². The lowest BCUT2D eigenvalue weighted by molar-refractivity contribution is -0.116. The van der Waals surface area contributed by atoms with Gasteiger partial charge in [0.05, 0.1) is 12.1 Å². The van der Waals surface area contributed by atoms with E-state index in [0.717, 1.165) is 16.8 Å². The second kappa shape index (κ2) is 7.08. The van der Waals surface area contributed by atoms with Crippen LogP contribution in [0.15, 0.2) is 60.0 Å². The fourth-order valence-corrected chi connectivity index (χ4v) is 3.29. The Morgan fingerprint density at radius 1 is 1.13 bits per heavy atom. The van der Waals surface area contributed by atoms with Crippen LogP contribution in [0.1, 0.15) is 5.56 Å². The Labute approximate surface area is 148 Å². The molecule has 0 saturated heterocycles. The molecule has 116 valence electrons. The zero-order valence-electron chi connectivity index (χ0n) is 12.0. The highest BCUT2D eigenvalue weighted by Gasteiger charge is 2.10. The lowest BCUT2D eigenvalue weighted by atomic mass is 10.1. The lowest BCUT2D eigenvalue weighted by Gasteiger charge is -2.10. The van der Waals surface area contributed by atoms with Gasteiger partial charge in [-0.3, -0.25) is 10.2 Å². The minimum atomic E-state index is -0.126. The molecule has 1 amide bonds. The molecule has 0 aliphatic heterocycles. The molecule has 1 heterocycles. The van der Waals surface area contributed by atoms with E-state index >= 15 is 0 Å². The zero-order chi connectivity index (χ0) is 16.2. The number of amides is 1. The van der Waals surface area contributed by atoms with Crippen LogP contribution in [-0.2, 0) is 11.2 Å². The molecule has 1 aromatic heterocycles. The third kappa shape index (κ3) is 3.88. The smallest absolute Gasteiger partial charge is 0.243 e. The van der Waals surface area contributed by atoms with E-state index in [4.69, 9.17) is 23.8 Å². The van der Waals surface area contributed by atoms with Crippen molar-refractivity contribution in [1.29, 1.82) is 0 Å². The molecule has 0 spiro atoms. The Balaban J connectivity index is 1.80. The third-order valence-electron chi connectivity index (χ3n) is 3.28. The number of thiazole rings is 1. The number of rotatable bonds is 4. The van der Waals surface area contributed by atoms with Gasteiger partial charge < -0.3 is 0 Å². The molecule has 3 nitrogen and oxygen atoms in total. The van der Waals surface area contributed by atoms with Gasteiger partial charge in [-0.1, -0.05) is 54.1 Å². The van der Waals surface area contributed by atoms with Crippen molar-refractivity contribution in [3.05, 3.63) is 74.5 Å². The van der Waals surface area contributed by atoms with Crippen LogP contribution in [-0.4, -0.2) is 10.6 Å². The van der Waals surface area contributed by atoms with Crippen molar-refractivity contribution in [2.75, 3.05) is 5.43 Å². The molecule has 2 aromatic carbocycles. The maximum absolute atomic E-state index is 12.3. The molecule has 0 unspecified atom stereocenters. The first-order chi connectivity index (χ1) is 11.1. The number of nitrogens with zero attached hydrogens (tertiary/aromatic N) is 1. The SMILES string of the molecule is O=C(Cc1ccc(Cl)cc1)Nn1c(-c2ccccc2)csc1=S. The molecule has 0 bridgehead atoms. The van der Waals surface area contributed by atoms with Crippen LogP contribution < -0.4 is 5.43 Å². The van der Waals surface area contributed by atoms with E-state index < -0.39 is 0 Å². The van der Waals surface area contributed by atoms with Crippen LogP contribution in [0.4, 0.5) is 0 Å². The van der Waals surface area contributed by atoms with Crippen LogP contribution in [0, 0.1) is 3.95 Å². The summed E-state index contributed by atoms with van der Waals surface area (Å²) >= 11 is 12.6. The van der Waals surface area contributed by atoms with Crippen molar-refractivity contribution in [2.24, 2.45) is 0 Å². The van der Waals surface area contributed by atoms with Gasteiger partial charge in [0.2, 0.25) is 5.91 Å². The molecule has 6 heteroatoms. The molecule has 1 N–H and O–H groups in total. The van der Waals surface area contributed by atoms with Crippen molar-refractivity contribution in [3.8, 4) is 11.3 Å². The number of benzene rings is 2. The van der Waals surface area contributed by atoms with E-state index in [-0.39, 0.29) is 12.3 Å². The highest BCUT2D eigenvalue weighted by atomic mass is 35.5. The quantitative estimate of drug-likeness (QED) is 0.670. The molecule has 0 saturated carbocycles. The molecule has 23 heavy (non-hydrogen) atoms. The fourth-order valence-electron chi connectivity index (χ4n) is 2.17. The summed E-state index contributed by atoms with van der Waals surface area (Å²) in [5.41, 5.74) is 5.66. The van der Waals surface area contributed by atoms with Gasteiger partial charge in [-0.2, -0.15) is 0 Å². The topological polar surface area (TPSA) is 34.0 Å². The predicted molar refractivity (Wildman–Crippen MR) is 98.1 cm³/mol. The van der Waals surface area contributed by atoms with Crippen molar-refractivity contribution < 1.29 is 4.79 Å². The summed E-state index contributed by atoms with van der Waals surface area (Å²) < 4.78 is 2.27. The molecule has 0 aliphatic carbocycles. The summed E-state index contributed by atoms with van der Waals surface area (Å²) in [6.07, 6.45) is 0.267. The molecular weight excluding hydrogens is 348 g/mol. The van der Waals surface area contributed by atoms with Gasteiger partial charge in [-0.05, 0) is 29.9 Å². The summed E-state index contributed by atoms with van der Waals surface area (Å²) in [5.74, 6) is -0.126. The first-order valence-corrected chi connectivity index (χ1v) is 8.60. The minimum absolute atomic E-state index is 0.126. The van der Waals surface area contributed by atoms with Gasteiger partial charge >= 0.3 is 0 Å². The summed E-state index contributed by atoms with van der Waals surface area (Å²) in [5, 5.41) is 2.60. The standard InChI is InChI=1S/C17H13ClN2OS2/c18-14-8-6-12(7-9-14)10-16(21)19-20-15(11-23-17(20)22)13-4-2-1-3-5-13/h1-9,11H,10H2,(H,19,21). The normalized spacial score (nSPS) is 10.5. The van der Waals surface area contributed by atoms with Crippen LogP contribution in [0.2, 0.25) is 5.02 Å². The maximum atomic E-state index is 12.3. The molecule has 0 fully saturated rings. The minimum Gasteiger partial charge on any atom is -0.273 e. The Hall–Kier alpha value is -1.95. The van der Waals surface area contributed by atoms with E-state index in [1.54, 1.807) is 16.8 Å². The summed E-state index contributed by atoms with van der Waals surface area (Å²) in [4.78, 5) is 12.3. The average molecular weight is 361 g/mol. The van der Waals surface area contributed by atoms with Gasteiger partial charge in [-0.25, -0.2) is 4.68 Å². The zero-order valence-corrected chi connectivity index (χ0v) is 14.4. The van der Waals surface area contributed by atoms with Crippen LogP contribution in [0.5, 0.6) is 0 Å². The molecule has 0 radical (unpaired) electrons. The molecule has 0 aliphatic rings. The maximum Gasteiger partial charge on any atom is 0.243 e. The molecule has 0 atom stereocenters. The van der Waals surface area contributed by atoms with Crippen molar-refractivity contribution in [3.63, 3.8) is 0 Å². The summed E-state index contributed by atoms with van der Waals surface area (Å²) in [6, 6.07) is 17.1. The van der Waals surface area contributed by atoms with E-state index in [0.29, 0.717) is 8.98 Å². The van der Waals surface area contributed by atoms with E-state index in [9.17, 15) is 4.79 Å².